The molecule has 2 aromatic carbocycles. The van der Waals surface area contributed by atoms with Crippen molar-refractivity contribution < 1.29 is 14.3 Å². The number of carbonyl (C=O) groups excluding carboxylic acids is 1. The summed E-state index contributed by atoms with van der Waals surface area (Å²) < 4.78 is 12.8. The van der Waals surface area contributed by atoms with Crippen molar-refractivity contribution in [2.75, 3.05) is 26.1 Å². The van der Waals surface area contributed by atoms with E-state index in [0.29, 0.717) is 18.0 Å². The van der Waals surface area contributed by atoms with Crippen LogP contribution in [-0.2, 0) is 6.54 Å². The fraction of sp³-hybridized carbons (Fsp3) is 0.227. The molecule has 28 heavy (non-hydrogen) atoms. The van der Waals surface area contributed by atoms with Gasteiger partial charge in [-0.1, -0.05) is 24.3 Å². The normalized spacial score (nSPS) is 15.6. The van der Waals surface area contributed by atoms with Gasteiger partial charge in [0.2, 0.25) is 0 Å². The van der Waals surface area contributed by atoms with Gasteiger partial charge in [-0.05, 0) is 42.0 Å². The van der Waals surface area contributed by atoms with Crippen molar-refractivity contribution in [2.45, 2.75) is 12.6 Å². The molecule has 2 heterocycles. The van der Waals surface area contributed by atoms with Crippen molar-refractivity contribution >= 4 is 11.7 Å². The van der Waals surface area contributed by atoms with Crippen LogP contribution in [0.1, 0.15) is 17.3 Å². The van der Waals surface area contributed by atoms with Crippen molar-refractivity contribution in [3.63, 3.8) is 0 Å². The second kappa shape index (κ2) is 7.68. The maximum Gasteiger partial charge on any atom is 0.322 e. The molecule has 0 aliphatic carbocycles. The van der Waals surface area contributed by atoms with Crippen molar-refractivity contribution in [2.24, 2.45) is 0 Å². The molecule has 6 nitrogen and oxygen atoms in total. The van der Waals surface area contributed by atoms with Gasteiger partial charge in [-0.25, -0.2) is 4.79 Å². The molecular weight excluding hydrogens is 354 g/mol. The fourth-order valence-corrected chi connectivity index (χ4v) is 3.67. The highest BCUT2D eigenvalue weighted by Gasteiger charge is 2.32. The molecule has 1 aliphatic heterocycles. The lowest BCUT2D eigenvalue weighted by molar-refractivity contribution is 0.181. The zero-order valence-electron chi connectivity index (χ0n) is 16.0. The average molecular weight is 377 g/mol. The van der Waals surface area contributed by atoms with Gasteiger partial charge in [0.05, 0.1) is 25.9 Å². The number of ether oxygens (including phenoxy) is 2. The third-order valence-corrected chi connectivity index (χ3v) is 5.08. The first-order valence-corrected chi connectivity index (χ1v) is 9.21. The summed E-state index contributed by atoms with van der Waals surface area (Å²) in [6, 6.07) is 19.0. The first-order chi connectivity index (χ1) is 13.7. The smallest absolute Gasteiger partial charge is 0.322 e. The lowest BCUT2D eigenvalue weighted by Gasteiger charge is -2.37. The van der Waals surface area contributed by atoms with Crippen molar-refractivity contribution in [1.29, 1.82) is 0 Å². The summed E-state index contributed by atoms with van der Waals surface area (Å²) >= 11 is 0. The number of anilines is 1. The monoisotopic (exact) mass is 377 g/mol. The molecule has 1 aromatic heterocycles. The van der Waals surface area contributed by atoms with Crippen molar-refractivity contribution in [3.8, 4) is 11.5 Å². The predicted molar refractivity (Wildman–Crippen MR) is 108 cm³/mol. The Hall–Kier alpha value is -3.41. The van der Waals surface area contributed by atoms with Gasteiger partial charge in [0, 0.05) is 25.0 Å². The van der Waals surface area contributed by atoms with Crippen LogP contribution in [0, 0.1) is 0 Å². The number of carbonyl (C=O) groups is 1. The number of hydrogen-bond donors (Lipinski definition) is 1. The molecule has 0 saturated carbocycles. The second-order valence-electron chi connectivity index (χ2n) is 6.63. The number of urea groups is 1. The highest BCUT2D eigenvalue weighted by molar-refractivity contribution is 5.91. The SMILES string of the molecule is COc1ccc([C@H]2c3cccn3CCN2C(=O)Nc2ccccc2OC)cc1. The van der Waals surface area contributed by atoms with Crippen LogP contribution in [0.5, 0.6) is 11.5 Å². The Balaban J connectivity index is 1.67. The molecular formula is C22H23N3O3. The molecule has 0 radical (unpaired) electrons. The Bertz CT molecular complexity index is 965. The van der Waals surface area contributed by atoms with E-state index in [-0.39, 0.29) is 12.1 Å². The Morgan fingerprint density at radius 1 is 0.964 bits per heavy atom. The van der Waals surface area contributed by atoms with E-state index in [0.717, 1.165) is 23.6 Å². The Morgan fingerprint density at radius 3 is 2.50 bits per heavy atom. The van der Waals surface area contributed by atoms with Crippen LogP contribution < -0.4 is 14.8 Å². The third-order valence-electron chi connectivity index (χ3n) is 5.08. The Morgan fingerprint density at radius 2 is 1.75 bits per heavy atom. The number of hydrogen-bond acceptors (Lipinski definition) is 3. The second-order valence-corrected chi connectivity index (χ2v) is 6.63. The zero-order valence-corrected chi connectivity index (χ0v) is 16.0. The number of aromatic nitrogens is 1. The van der Waals surface area contributed by atoms with Crippen LogP contribution in [0.2, 0.25) is 0 Å². The summed E-state index contributed by atoms with van der Waals surface area (Å²) in [7, 11) is 3.24. The summed E-state index contributed by atoms with van der Waals surface area (Å²) in [5.41, 5.74) is 2.78. The molecule has 1 N–H and O–H groups in total. The number of nitrogens with zero attached hydrogens (tertiary/aromatic N) is 2. The van der Waals surface area contributed by atoms with Crippen molar-refractivity contribution in [3.05, 3.63) is 78.1 Å². The zero-order chi connectivity index (χ0) is 19.5. The van der Waals surface area contributed by atoms with Gasteiger partial charge in [-0.3, -0.25) is 0 Å². The lowest BCUT2D eigenvalue weighted by Crippen LogP contribution is -2.44. The van der Waals surface area contributed by atoms with E-state index in [1.807, 2.05) is 59.5 Å². The van der Waals surface area contributed by atoms with E-state index in [1.165, 1.54) is 0 Å². The molecule has 0 unspecified atom stereocenters. The number of benzene rings is 2. The summed E-state index contributed by atoms with van der Waals surface area (Å²) in [6.07, 6.45) is 2.06. The van der Waals surface area contributed by atoms with Crippen LogP contribution in [0.4, 0.5) is 10.5 Å². The highest BCUT2D eigenvalue weighted by Crippen LogP contribution is 2.34. The van der Waals surface area contributed by atoms with Gasteiger partial charge >= 0.3 is 6.03 Å². The quantitative estimate of drug-likeness (QED) is 0.743. The van der Waals surface area contributed by atoms with Crippen LogP contribution in [0.25, 0.3) is 0 Å². The number of para-hydroxylation sites is 2. The number of amides is 2. The molecule has 6 heteroatoms. The first kappa shape index (κ1) is 18.0. The maximum absolute atomic E-state index is 13.2. The largest absolute Gasteiger partial charge is 0.497 e. The number of methoxy groups -OCH3 is 2. The van der Waals surface area contributed by atoms with E-state index in [9.17, 15) is 4.79 Å². The summed E-state index contributed by atoms with van der Waals surface area (Å²) in [5, 5.41) is 3.00. The van der Waals surface area contributed by atoms with E-state index in [2.05, 4.69) is 22.1 Å². The molecule has 0 bridgehead atoms. The molecule has 4 rings (SSSR count). The summed E-state index contributed by atoms with van der Waals surface area (Å²) in [6.45, 7) is 1.37. The number of rotatable bonds is 4. The van der Waals surface area contributed by atoms with Gasteiger partial charge in [0.15, 0.2) is 0 Å². The van der Waals surface area contributed by atoms with Crippen LogP contribution in [0.3, 0.4) is 0 Å². The van der Waals surface area contributed by atoms with E-state index in [4.69, 9.17) is 9.47 Å². The number of nitrogens with one attached hydrogen (secondary N) is 1. The summed E-state index contributed by atoms with van der Waals surface area (Å²) in [5.74, 6) is 1.43. The maximum atomic E-state index is 13.2. The van der Waals surface area contributed by atoms with E-state index < -0.39 is 0 Å². The molecule has 144 valence electrons. The van der Waals surface area contributed by atoms with Gasteiger partial charge in [-0.2, -0.15) is 0 Å². The Kier molecular flexibility index (Phi) is 4.93. The summed E-state index contributed by atoms with van der Waals surface area (Å²) in [4.78, 5) is 15.1. The van der Waals surface area contributed by atoms with Crippen LogP contribution in [0.15, 0.2) is 66.9 Å². The Labute approximate surface area is 164 Å². The minimum absolute atomic E-state index is 0.155. The minimum atomic E-state index is -0.177. The van der Waals surface area contributed by atoms with Gasteiger partial charge in [-0.15, -0.1) is 0 Å². The highest BCUT2D eigenvalue weighted by atomic mass is 16.5. The third kappa shape index (κ3) is 3.29. The lowest BCUT2D eigenvalue weighted by atomic mass is 10.00. The molecule has 0 spiro atoms. The van der Waals surface area contributed by atoms with Crippen LogP contribution in [-0.4, -0.2) is 36.3 Å². The first-order valence-electron chi connectivity index (χ1n) is 9.21. The van der Waals surface area contributed by atoms with Crippen molar-refractivity contribution in [1.82, 2.24) is 9.47 Å². The van der Waals surface area contributed by atoms with Gasteiger partial charge < -0.3 is 24.3 Å². The standard InChI is InChI=1S/C22H23N3O3/c1-27-17-11-9-16(10-12-17)21-19-7-5-13-24(19)14-15-25(21)22(26)23-18-6-3-4-8-20(18)28-2/h3-13,21H,14-15H2,1-2H3,(H,23,26)/t21-/m0/s1. The minimum Gasteiger partial charge on any atom is -0.497 e. The fourth-order valence-electron chi connectivity index (χ4n) is 3.67. The van der Waals surface area contributed by atoms with Crippen LogP contribution >= 0.6 is 0 Å². The predicted octanol–water partition coefficient (Wildman–Crippen LogP) is 4.14. The topological polar surface area (TPSA) is 55.7 Å². The molecule has 1 aliphatic rings. The molecule has 1 atom stereocenters. The number of fused-ring (bicyclic) bond motifs is 1. The van der Waals surface area contributed by atoms with E-state index in [1.54, 1.807) is 14.2 Å². The molecule has 0 fully saturated rings. The molecule has 3 aromatic rings. The van der Waals surface area contributed by atoms with Gasteiger partial charge in [0.1, 0.15) is 11.5 Å². The average Bonchev–Trinajstić information content (AvgIpc) is 3.22. The molecule has 2 amide bonds. The van der Waals surface area contributed by atoms with E-state index >= 15 is 0 Å². The van der Waals surface area contributed by atoms with Gasteiger partial charge in [0.25, 0.3) is 0 Å². The molecule has 0 saturated heterocycles.